The molecular formula is C22H31Cl2N3O. The fourth-order valence-electron chi connectivity index (χ4n) is 4.12. The van der Waals surface area contributed by atoms with Crippen molar-refractivity contribution in [3.05, 3.63) is 40.4 Å². The van der Waals surface area contributed by atoms with Gasteiger partial charge < -0.3 is 16.0 Å². The molecule has 0 spiro atoms. The number of hydrogen-bond donors (Lipinski definition) is 3. The van der Waals surface area contributed by atoms with E-state index in [1.54, 1.807) is 6.07 Å². The summed E-state index contributed by atoms with van der Waals surface area (Å²) in [5.41, 5.74) is 1.82. The Morgan fingerprint density at radius 3 is 2.36 bits per heavy atom. The van der Waals surface area contributed by atoms with Crippen LogP contribution in [0.5, 0.6) is 0 Å². The summed E-state index contributed by atoms with van der Waals surface area (Å²) in [6.45, 7) is 7.57. The van der Waals surface area contributed by atoms with E-state index in [4.69, 9.17) is 23.2 Å². The zero-order valence-electron chi connectivity index (χ0n) is 16.6. The van der Waals surface area contributed by atoms with Gasteiger partial charge in [0.2, 0.25) is 5.91 Å². The Balaban J connectivity index is 1.33. The highest BCUT2D eigenvalue weighted by Crippen LogP contribution is 2.30. The summed E-state index contributed by atoms with van der Waals surface area (Å²) < 4.78 is 0. The minimum absolute atomic E-state index is 0.0394. The molecule has 0 heterocycles. The fourth-order valence-corrected chi connectivity index (χ4v) is 4.64. The van der Waals surface area contributed by atoms with Crippen molar-refractivity contribution in [1.82, 2.24) is 16.0 Å². The van der Waals surface area contributed by atoms with E-state index in [2.05, 4.69) is 29.5 Å². The molecule has 1 aromatic rings. The zero-order valence-corrected chi connectivity index (χ0v) is 18.1. The molecule has 0 atom stereocenters. The van der Waals surface area contributed by atoms with Gasteiger partial charge in [-0.1, -0.05) is 29.8 Å². The first-order chi connectivity index (χ1) is 13.3. The van der Waals surface area contributed by atoms with Crippen molar-refractivity contribution in [2.24, 2.45) is 5.92 Å². The van der Waals surface area contributed by atoms with Crippen LogP contribution >= 0.6 is 23.2 Å². The molecule has 28 heavy (non-hydrogen) atoms. The van der Waals surface area contributed by atoms with E-state index in [1.807, 2.05) is 12.1 Å². The van der Waals surface area contributed by atoms with Crippen LogP contribution in [0.3, 0.4) is 0 Å². The summed E-state index contributed by atoms with van der Waals surface area (Å²) in [7, 11) is 0. The molecule has 0 saturated heterocycles. The molecule has 0 unspecified atom stereocenters. The average molecular weight is 424 g/mol. The van der Waals surface area contributed by atoms with Crippen LogP contribution in [-0.4, -0.2) is 30.6 Å². The minimum Gasteiger partial charge on any atom is -0.385 e. The fraction of sp³-hybridized carbons (Fsp3) is 0.591. The van der Waals surface area contributed by atoms with Crippen molar-refractivity contribution in [3.63, 3.8) is 0 Å². The number of hydrogen-bond acceptors (Lipinski definition) is 3. The van der Waals surface area contributed by atoms with Crippen molar-refractivity contribution in [2.75, 3.05) is 13.1 Å². The predicted octanol–water partition coefficient (Wildman–Crippen LogP) is 4.76. The zero-order chi connectivity index (χ0) is 20.1. The van der Waals surface area contributed by atoms with Gasteiger partial charge in [-0.15, -0.1) is 0 Å². The SMILES string of the molecule is C=C(NCC1CCC(NCC(=O)NC2(C)CCC2)CC1)c1cc(Cl)cc(Cl)c1. The van der Waals surface area contributed by atoms with Crippen LogP contribution in [0.1, 0.15) is 57.4 Å². The Bertz CT molecular complexity index is 689. The third kappa shape index (κ3) is 6.13. The number of carbonyl (C=O) groups is 1. The molecule has 3 rings (SSSR count). The van der Waals surface area contributed by atoms with Crippen LogP contribution in [0.25, 0.3) is 5.70 Å². The molecule has 2 aliphatic carbocycles. The summed E-state index contributed by atoms with van der Waals surface area (Å²) >= 11 is 12.1. The number of halogens is 2. The smallest absolute Gasteiger partial charge is 0.234 e. The van der Waals surface area contributed by atoms with Gasteiger partial charge in [-0.05, 0) is 81.5 Å². The Kier molecular flexibility index (Phi) is 7.30. The lowest BCUT2D eigenvalue weighted by molar-refractivity contribution is -0.123. The molecule has 0 aromatic heterocycles. The third-order valence-electron chi connectivity index (χ3n) is 6.11. The van der Waals surface area contributed by atoms with Gasteiger partial charge in [-0.2, -0.15) is 0 Å². The molecule has 2 aliphatic rings. The predicted molar refractivity (Wildman–Crippen MR) is 118 cm³/mol. The lowest BCUT2D eigenvalue weighted by atomic mass is 9.78. The van der Waals surface area contributed by atoms with E-state index in [-0.39, 0.29) is 11.4 Å². The van der Waals surface area contributed by atoms with Crippen LogP contribution in [0.4, 0.5) is 0 Å². The molecule has 0 bridgehead atoms. The molecular weight excluding hydrogens is 393 g/mol. The highest BCUT2D eigenvalue weighted by atomic mass is 35.5. The van der Waals surface area contributed by atoms with E-state index >= 15 is 0 Å². The maximum absolute atomic E-state index is 12.1. The molecule has 1 amide bonds. The molecule has 154 valence electrons. The molecule has 3 N–H and O–H groups in total. The van der Waals surface area contributed by atoms with Crippen LogP contribution < -0.4 is 16.0 Å². The van der Waals surface area contributed by atoms with Gasteiger partial charge in [0.15, 0.2) is 0 Å². The Morgan fingerprint density at radius 2 is 1.79 bits per heavy atom. The quantitative estimate of drug-likeness (QED) is 0.564. The molecule has 0 radical (unpaired) electrons. The monoisotopic (exact) mass is 423 g/mol. The average Bonchev–Trinajstić information content (AvgIpc) is 2.63. The van der Waals surface area contributed by atoms with Crippen LogP contribution in [0, 0.1) is 5.92 Å². The van der Waals surface area contributed by atoms with Crippen molar-refractivity contribution >= 4 is 34.8 Å². The van der Waals surface area contributed by atoms with Gasteiger partial charge in [0.1, 0.15) is 0 Å². The van der Waals surface area contributed by atoms with Crippen LogP contribution in [0.2, 0.25) is 10.0 Å². The molecule has 1 aromatic carbocycles. The Hall–Kier alpha value is -1.23. The molecule has 0 aliphatic heterocycles. The second kappa shape index (κ2) is 9.51. The number of amides is 1. The van der Waals surface area contributed by atoms with Crippen molar-refractivity contribution in [1.29, 1.82) is 0 Å². The van der Waals surface area contributed by atoms with Gasteiger partial charge in [-0.3, -0.25) is 4.79 Å². The number of nitrogens with one attached hydrogen (secondary N) is 3. The maximum atomic E-state index is 12.1. The Morgan fingerprint density at radius 1 is 1.14 bits per heavy atom. The van der Waals surface area contributed by atoms with Crippen LogP contribution in [0.15, 0.2) is 24.8 Å². The third-order valence-corrected chi connectivity index (χ3v) is 6.55. The van der Waals surface area contributed by atoms with Gasteiger partial charge in [-0.25, -0.2) is 0 Å². The topological polar surface area (TPSA) is 53.2 Å². The van der Waals surface area contributed by atoms with Crippen molar-refractivity contribution < 1.29 is 4.79 Å². The van der Waals surface area contributed by atoms with E-state index in [0.717, 1.165) is 56.3 Å². The lowest BCUT2D eigenvalue weighted by Gasteiger charge is -2.39. The largest absolute Gasteiger partial charge is 0.385 e. The van der Waals surface area contributed by atoms with E-state index in [0.29, 0.717) is 28.5 Å². The van der Waals surface area contributed by atoms with Gasteiger partial charge in [0.05, 0.1) is 6.54 Å². The first kappa shape index (κ1) is 21.5. The molecule has 4 nitrogen and oxygen atoms in total. The molecule has 2 fully saturated rings. The highest BCUT2D eigenvalue weighted by molar-refractivity contribution is 6.34. The minimum atomic E-state index is 0.0394. The first-order valence-electron chi connectivity index (χ1n) is 10.3. The summed E-state index contributed by atoms with van der Waals surface area (Å²) in [4.78, 5) is 12.1. The number of rotatable bonds is 8. The van der Waals surface area contributed by atoms with Gasteiger partial charge >= 0.3 is 0 Å². The standard InChI is InChI=1S/C22H31Cl2N3O/c1-15(17-10-18(23)12-19(24)11-17)25-13-16-4-6-20(7-5-16)26-14-21(28)27-22(2)8-3-9-22/h10-12,16,20,25-26H,1,3-9,13-14H2,2H3,(H,27,28). The summed E-state index contributed by atoms with van der Waals surface area (Å²) in [6.07, 6.45) is 7.92. The molecule has 6 heteroatoms. The second-order valence-corrected chi connectivity index (χ2v) is 9.45. The van der Waals surface area contributed by atoms with Crippen molar-refractivity contribution in [2.45, 2.75) is 63.5 Å². The van der Waals surface area contributed by atoms with E-state index in [1.165, 1.54) is 6.42 Å². The van der Waals surface area contributed by atoms with Gasteiger partial charge in [0, 0.05) is 33.9 Å². The summed E-state index contributed by atoms with van der Waals surface area (Å²) in [5.74, 6) is 0.745. The first-order valence-corrected chi connectivity index (χ1v) is 11.0. The Labute approximate surface area is 178 Å². The number of benzene rings is 1. The number of carbonyl (C=O) groups excluding carboxylic acids is 1. The maximum Gasteiger partial charge on any atom is 0.234 e. The summed E-state index contributed by atoms with van der Waals surface area (Å²) in [5, 5.41) is 11.3. The van der Waals surface area contributed by atoms with Gasteiger partial charge in [0.25, 0.3) is 0 Å². The van der Waals surface area contributed by atoms with E-state index < -0.39 is 0 Å². The highest BCUT2D eigenvalue weighted by Gasteiger charge is 2.33. The van der Waals surface area contributed by atoms with E-state index in [9.17, 15) is 4.79 Å². The normalized spacial score (nSPS) is 23.5. The summed E-state index contributed by atoms with van der Waals surface area (Å²) in [6, 6.07) is 5.91. The lowest BCUT2D eigenvalue weighted by Crippen LogP contribution is -2.53. The molecule has 2 saturated carbocycles. The second-order valence-electron chi connectivity index (χ2n) is 8.58. The van der Waals surface area contributed by atoms with Crippen molar-refractivity contribution in [3.8, 4) is 0 Å². The van der Waals surface area contributed by atoms with Crippen LogP contribution in [-0.2, 0) is 4.79 Å².